The van der Waals surface area contributed by atoms with Crippen LogP contribution < -0.4 is 0 Å². The van der Waals surface area contributed by atoms with Crippen LogP contribution in [0.4, 0.5) is 13.2 Å². The Labute approximate surface area is 190 Å². The van der Waals surface area contributed by atoms with Crippen LogP contribution in [-0.2, 0) is 25.2 Å². The zero-order valence-corrected chi connectivity index (χ0v) is 18.1. The van der Waals surface area contributed by atoms with Crippen molar-refractivity contribution in [2.45, 2.75) is 49.9 Å². The molecule has 4 nitrogen and oxygen atoms in total. The van der Waals surface area contributed by atoms with Crippen LogP contribution in [0.3, 0.4) is 0 Å². The van der Waals surface area contributed by atoms with Crippen molar-refractivity contribution >= 4 is 5.97 Å². The number of ether oxygens (including phenoxy) is 3. The number of hydrogen-bond acceptors (Lipinski definition) is 4. The molecular formula is C26H25F3O4. The summed E-state index contributed by atoms with van der Waals surface area (Å²) in [5.41, 5.74) is 0.583. The number of esters is 1. The molecule has 0 amide bonds. The first-order valence-electron chi connectivity index (χ1n) is 10.8. The summed E-state index contributed by atoms with van der Waals surface area (Å²) in [5.74, 6) is -0.414. The highest BCUT2D eigenvalue weighted by molar-refractivity contribution is 5.71. The Morgan fingerprint density at radius 1 is 0.970 bits per heavy atom. The summed E-state index contributed by atoms with van der Waals surface area (Å²) >= 11 is 0. The molecule has 0 aliphatic carbocycles. The number of rotatable bonds is 3. The number of carbonyl (C=O) groups is 1. The third-order valence-corrected chi connectivity index (χ3v) is 5.86. The van der Waals surface area contributed by atoms with Crippen molar-refractivity contribution < 1.29 is 32.2 Å². The molecule has 4 rings (SSSR count). The Morgan fingerprint density at radius 3 is 2.42 bits per heavy atom. The lowest BCUT2D eigenvalue weighted by Crippen LogP contribution is -2.38. The van der Waals surface area contributed by atoms with Gasteiger partial charge in [-0.2, -0.15) is 13.2 Å². The van der Waals surface area contributed by atoms with Crippen molar-refractivity contribution in [2.24, 2.45) is 0 Å². The first-order chi connectivity index (χ1) is 15.8. The zero-order chi connectivity index (χ0) is 23.4. The van der Waals surface area contributed by atoms with Gasteiger partial charge in [0.05, 0.1) is 24.2 Å². The predicted octanol–water partition coefficient (Wildman–Crippen LogP) is 6.04. The highest BCUT2D eigenvalue weighted by atomic mass is 19.4. The van der Waals surface area contributed by atoms with E-state index in [1.54, 1.807) is 37.4 Å². The Hall–Kier alpha value is -2.90. The molecule has 2 aliphatic rings. The molecule has 0 fully saturated rings. The Kier molecular flexibility index (Phi) is 7.00. The van der Waals surface area contributed by atoms with Crippen LogP contribution in [0.2, 0.25) is 0 Å². The van der Waals surface area contributed by atoms with Crippen LogP contribution >= 0.6 is 0 Å². The van der Waals surface area contributed by atoms with Gasteiger partial charge in [0.1, 0.15) is 12.2 Å². The SMILES string of the molecule is CO[C@H]1C=C[C@H]2C/C=C\C[C@H](c3ccc(-c4ccccc4C(F)(F)F)cc3)OC(=O)C[C@@H]1O2. The predicted molar refractivity (Wildman–Crippen MR) is 117 cm³/mol. The number of hydrogen-bond donors (Lipinski definition) is 0. The monoisotopic (exact) mass is 458 g/mol. The van der Waals surface area contributed by atoms with Gasteiger partial charge in [0.15, 0.2) is 0 Å². The van der Waals surface area contributed by atoms with E-state index in [0.29, 0.717) is 24.0 Å². The molecule has 2 aromatic rings. The number of cyclic esters (lactones) is 1. The van der Waals surface area contributed by atoms with Crippen molar-refractivity contribution in [1.82, 2.24) is 0 Å². The van der Waals surface area contributed by atoms with E-state index in [0.717, 1.165) is 6.07 Å². The summed E-state index contributed by atoms with van der Waals surface area (Å²) in [7, 11) is 1.57. The van der Waals surface area contributed by atoms with Crippen molar-refractivity contribution in [1.29, 1.82) is 0 Å². The standard InChI is InChI=1S/C26H25F3O4/c1-31-23-15-14-19-6-2-5-9-22(33-25(30)16-24(23)32-19)18-12-10-17(11-13-18)20-7-3-4-8-21(20)26(27,28)29/h2-5,7-8,10-15,19,22-24H,6,9,16H2,1H3/b5-2-/t19-,22-,23+,24+/m1/s1. The number of methoxy groups -OCH3 is 1. The third kappa shape index (κ3) is 5.54. The minimum Gasteiger partial charge on any atom is -0.457 e. The van der Waals surface area contributed by atoms with E-state index in [1.165, 1.54) is 12.1 Å². The van der Waals surface area contributed by atoms with Crippen molar-refractivity contribution in [3.05, 3.63) is 84.0 Å². The minimum absolute atomic E-state index is 0.0485. The Morgan fingerprint density at radius 2 is 1.70 bits per heavy atom. The average Bonchev–Trinajstić information content (AvgIpc) is 2.83. The highest BCUT2D eigenvalue weighted by Crippen LogP contribution is 2.37. The molecule has 0 unspecified atom stereocenters. The maximum Gasteiger partial charge on any atom is 0.417 e. The molecule has 2 bridgehead atoms. The maximum absolute atomic E-state index is 13.4. The highest BCUT2D eigenvalue weighted by Gasteiger charge is 2.33. The summed E-state index contributed by atoms with van der Waals surface area (Å²) in [6, 6.07) is 12.2. The number of alkyl halides is 3. The van der Waals surface area contributed by atoms with Crippen LogP contribution in [0.1, 0.15) is 36.5 Å². The first kappa shape index (κ1) is 23.3. The van der Waals surface area contributed by atoms with E-state index >= 15 is 0 Å². The summed E-state index contributed by atoms with van der Waals surface area (Å²) in [4.78, 5) is 12.7. The average molecular weight is 458 g/mol. The number of fused-ring (bicyclic) bond motifs is 2. The van der Waals surface area contributed by atoms with Crippen LogP contribution in [-0.4, -0.2) is 31.4 Å². The molecule has 0 saturated carbocycles. The second-order valence-electron chi connectivity index (χ2n) is 8.09. The first-order valence-corrected chi connectivity index (χ1v) is 10.8. The van der Waals surface area contributed by atoms with Gasteiger partial charge in [-0.1, -0.05) is 66.8 Å². The van der Waals surface area contributed by atoms with E-state index in [9.17, 15) is 18.0 Å². The van der Waals surface area contributed by atoms with Crippen molar-refractivity contribution in [3.63, 3.8) is 0 Å². The molecule has 2 aromatic carbocycles. The summed E-state index contributed by atoms with van der Waals surface area (Å²) in [6.45, 7) is 0. The number of benzene rings is 2. The van der Waals surface area contributed by atoms with Gasteiger partial charge in [-0.3, -0.25) is 4.79 Å². The third-order valence-electron chi connectivity index (χ3n) is 5.86. The fourth-order valence-corrected chi connectivity index (χ4v) is 4.17. The lowest BCUT2D eigenvalue weighted by Gasteiger charge is -2.30. The summed E-state index contributed by atoms with van der Waals surface area (Å²) in [5, 5.41) is 0. The molecule has 33 heavy (non-hydrogen) atoms. The second kappa shape index (κ2) is 9.93. The van der Waals surface area contributed by atoms with Gasteiger partial charge in [-0.15, -0.1) is 0 Å². The molecule has 4 atom stereocenters. The van der Waals surface area contributed by atoms with Gasteiger partial charge in [0.25, 0.3) is 0 Å². The van der Waals surface area contributed by atoms with Crippen LogP contribution in [0.25, 0.3) is 11.1 Å². The van der Waals surface area contributed by atoms with E-state index < -0.39 is 29.9 Å². The molecular weight excluding hydrogens is 433 g/mol. The van der Waals surface area contributed by atoms with E-state index in [2.05, 4.69) is 0 Å². The van der Waals surface area contributed by atoms with Gasteiger partial charge in [-0.25, -0.2) is 0 Å². The smallest absolute Gasteiger partial charge is 0.417 e. The van der Waals surface area contributed by atoms with Crippen LogP contribution in [0, 0.1) is 0 Å². The van der Waals surface area contributed by atoms with Gasteiger partial charge < -0.3 is 14.2 Å². The topological polar surface area (TPSA) is 44.8 Å². The lowest BCUT2D eigenvalue weighted by molar-refractivity contribution is -0.156. The van der Waals surface area contributed by atoms with Gasteiger partial charge in [-0.05, 0) is 29.2 Å². The summed E-state index contributed by atoms with van der Waals surface area (Å²) < 4.78 is 57.3. The fraction of sp³-hybridized carbons (Fsp3) is 0.346. The molecule has 0 spiro atoms. The van der Waals surface area contributed by atoms with Gasteiger partial charge in [0, 0.05) is 13.5 Å². The van der Waals surface area contributed by atoms with Crippen molar-refractivity contribution in [2.75, 3.05) is 7.11 Å². The van der Waals surface area contributed by atoms with Crippen LogP contribution in [0.5, 0.6) is 0 Å². The normalized spacial score (nSPS) is 26.8. The molecule has 2 aliphatic heterocycles. The number of halogens is 3. The largest absolute Gasteiger partial charge is 0.457 e. The van der Waals surface area contributed by atoms with Gasteiger partial charge in [0.2, 0.25) is 0 Å². The molecule has 0 N–H and O–H groups in total. The molecule has 7 heteroatoms. The zero-order valence-electron chi connectivity index (χ0n) is 18.1. The van der Waals surface area contributed by atoms with E-state index in [1.807, 2.05) is 24.3 Å². The fourth-order valence-electron chi connectivity index (χ4n) is 4.17. The minimum atomic E-state index is -4.44. The Bertz CT molecular complexity index is 1030. The molecule has 174 valence electrons. The maximum atomic E-state index is 13.4. The number of carbonyl (C=O) groups excluding carboxylic acids is 1. The van der Waals surface area contributed by atoms with E-state index in [4.69, 9.17) is 14.2 Å². The van der Waals surface area contributed by atoms with Crippen molar-refractivity contribution in [3.8, 4) is 11.1 Å². The molecule has 0 saturated heterocycles. The lowest BCUT2D eigenvalue weighted by atomic mass is 9.96. The quantitative estimate of drug-likeness (QED) is 0.416. The van der Waals surface area contributed by atoms with E-state index in [-0.39, 0.29) is 24.2 Å². The Balaban J connectivity index is 1.56. The molecule has 0 aromatic heterocycles. The van der Waals surface area contributed by atoms with Gasteiger partial charge >= 0.3 is 12.1 Å². The summed E-state index contributed by atoms with van der Waals surface area (Å²) in [6.07, 6.45) is 3.05. The molecule has 2 heterocycles. The van der Waals surface area contributed by atoms with Crippen LogP contribution in [0.15, 0.2) is 72.8 Å². The molecule has 0 radical (unpaired) electrons. The second-order valence-corrected chi connectivity index (χ2v) is 8.09.